The molecular weight excluding hydrogens is 435 g/mol. The third-order valence-corrected chi connectivity index (χ3v) is 5.58. The number of aryl methyl sites for hydroxylation is 1. The predicted octanol–water partition coefficient (Wildman–Crippen LogP) is 4.21. The van der Waals surface area contributed by atoms with E-state index in [-0.39, 0.29) is 23.3 Å². The molecule has 0 aliphatic carbocycles. The minimum Gasteiger partial charge on any atom is -0.463 e. The lowest BCUT2D eigenvalue weighted by Crippen LogP contribution is -2.34. The molecule has 9 heteroatoms. The van der Waals surface area contributed by atoms with E-state index >= 15 is 0 Å². The van der Waals surface area contributed by atoms with Crippen molar-refractivity contribution in [2.24, 2.45) is 0 Å². The van der Waals surface area contributed by atoms with Crippen LogP contribution in [0.2, 0.25) is 0 Å². The zero-order chi connectivity index (χ0) is 24.3. The van der Waals surface area contributed by atoms with Gasteiger partial charge < -0.3 is 19.5 Å². The first-order valence-corrected chi connectivity index (χ1v) is 10.7. The summed E-state index contributed by atoms with van der Waals surface area (Å²) in [4.78, 5) is 28.4. The summed E-state index contributed by atoms with van der Waals surface area (Å²) in [6.07, 6.45) is -2.35. The van der Waals surface area contributed by atoms with Gasteiger partial charge in [0.2, 0.25) is 0 Å². The third kappa shape index (κ3) is 5.13. The van der Waals surface area contributed by atoms with Gasteiger partial charge in [-0.3, -0.25) is 4.79 Å². The molecule has 178 valence electrons. The maximum Gasteiger partial charge on any atom is 0.416 e. The molecule has 0 amide bonds. The molecule has 1 aliphatic heterocycles. The zero-order valence-corrected chi connectivity index (χ0v) is 19.1. The number of aromatic nitrogens is 1. The first-order chi connectivity index (χ1) is 15.6. The summed E-state index contributed by atoms with van der Waals surface area (Å²) in [5.41, 5.74) is -0.630. The first-order valence-electron chi connectivity index (χ1n) is 10.7. The highest BCUT2D eigenvalue weighted by Crippen LogP contribution is 2.45. The third-order valence-electron chi connectivity index (χ3n) is 5.58. The van der Waals surface area contributed by atoms with E-state index in [2.05, 4.69) is 5.32 Å². The number of anilines is 1. The van der Waals surface area contributed by atoms with E-state index in [9.17, 15) is 22.8 Å². The largest absolute Gasteiger partial charge is 0.463 e. The molecule has 1 aromatic carbocycles. The second-order valence-electron chi connectivity index (χ2n) is 8.20. The molecule has 0 radical (unpaired) electrons. The van der Waals surface area contributed by atoms with Gasteiger partial charge in [-0.15, -0.1) is 0 Å². The van der Waals surface area contributed by atoms with Gasteiger partial charge in [-0.25, -0.2) is 4.79 Å². The van der Waals surface area contributed by atoms with Crippen LogP contribution in [0.5, 0.6) is 0 Å². The van der Waals surface area contributed by atoms with Gasteiger partial charge in [0.15, 0.2) is 0 Å². The number of alkyl halides is 3. The minimum atomic E-state index is -4.66. The normalized spacial score (nSPS) is 15.9. The monoisotopic (exact) mass is 463 g/mol. The Morgan fingerprint density at radius 2 is 1.91 bits per heavy atom. The van der Waals surface area contributed by atoms with E-state index in [1.807, 2.05) is 19.0 Å². The van der Waals surface area contributed by atoms with Gasteiger partial charge in [0.05, 0.1) is 29.2 Å². The van der Waals surface area contributed by atoms with E-state index < -0.39 is 29.2 Å². The van der Waals surface area contributed by atoms with Crippen LogP contribution in [0.15, 0.2) is 52.6 Å². The Bertz CT molecular complexity index is 1120. The fourth-order valence-corrected chi connectivity index (χ4v) is 4.14. The number of hydrogen-bond acceptors (Lipinski definition) is 5. The molecule has 33 heavy (non-hydrogen) atoms. The van der Waals surface area contributed by atoms with Crippen molar-refractivity contribution in [2.45, 2.75) is 38.9 Å². The maximum absolute atomic E-state index is 13.9. The van der Waals surface area contributed by atoms with Crippen molar-refractivity contribution in [2.75, 3.05) is 32.6 Å². The van der Waals surface area contributed by atoms with E-state index in [4.69, 9.17) is 4.74 Å². The van der Waals surface area contributed by atoms with E-state index in [1.54, 1.807) is 26.1 Å². The number of halogens is 3. The molecule has 1 aliphatic rings. The summed E-state index contributed by atoms with van der Waals surface area (Å²) in [5.74, 6) is -1.97. The molecular formula is C24H28F3N3O3. The molecule has 1 atom stereocenters. The van der Waals surface area contributed by atoms with Crippen LogP contribution in [0.3, 0.4) is 0 Å². The molecule has 0 bridgehead atoms. The number of carbonyl (C=O) groups excluding carboxylic acids is 1. The molecule has 2 aromatic rings. The predicted molar refractivity (Wildman–Crippen MR) is 120 cm³/mol. The molecule has 0 saturated heterocycles. The van der Waals surface area contributed by atoms with Crippen molar-refractivity contribution in [3.05, 3.63) is 74.8 Å². The van der Waals surface area contributed by atoms with Gasteiger partial charge in [-0.2, -0.15) is 13.2 Å². The summed E-state index contributed by atoms with van der Waals surface area (Å²) in [7, 11) is 3.84. The second-order valence-corrected chi connectivity index (χ2v) is 8.20. The van der Waals surface area contributed by atoms with Crippen LogP contribution in [0.1, 0.15) is 42.9 Å². The molecule has 0 fully saturated rings. The van der Waals surface area contributed by atoms with Crippen LogP contribution in [0.25, 0.3) is 0 Å². The Labute approximate surface area is 190 Å². The molecule has 3 rings (SSSR count). The lowest BCUT2D eigenvalue weighted by molar-refractivity contribution is -0.140. The number of fused-ring (bicyclic) bond motifs is 1. The Morgan fingerprint density at radius 1 is 1.21 bits per heavy atom. The lowest BCUT2D eigenvalue weighted by atomic mass is 9.79. The molecule has 0 spiro atoms. The van der Waals surface area contributed by atoms with Crippen LogP contribution in [-0.4, -0.2) is 42.7 Å². The number of ether oxygens (including phenoxy) is 1. The number of nitrogens with zero attached hydrogens (tertiary/aromatic N) is 2. The highest BCUT2D eigenvalue weighted by molar-refractivity contribution is 5.94. The van der Waals surface area contributed by atoms with Crippen molar-refractivity contribution < 1.29 is 22.7 Å². The Balaban J connectivity index is 2.24. The van der Waals surface area contributed by atoms with Gasteiger partial charge in [-0.1, -0.05) is 18.2 Å². The molecule has 1 aromatic heterocycles. The topological polar surface area (TPSA) is 63.6 Å². The number of esters is 1. The van der Waals surface area contributed by atoms with Crippen LogP contribution in [0, 0.1) is 0 Å². The fourth-order valence-electron chi connectivity index (χ4n) is 4.14. The molecule has 0 saturated carbocycles. The Hall–Kier alpha value is -3.07. The van der Waals surface area contributed by atoms with E-state index in [1.165, 1.54) is 22.8 Å². The van der Waals surface area contributed by atoms with Crippen LogP contribution < -0.4 is 10.9 Å². The Kier molecular flexibility index (Phi) is 7.31. The SMILES string of the molecule is CCOC(=O)C1=C(C)Nc2ccn(CCCN(C)C)c(=O)c2C1c1ccccc1C(F)(F)F. The van der Waals surface area contributed by atoms with Crippen molar-refractivity contribution in [3.63, 3.8) is 0 Å². The van der Waals surface area contributed by atoms with E-state index in [0.29, 0.717) is 24.4 Å². The van der Waals surface area contributed by atoms with Gasteiger partial charge >= 0.3 is 12.1 Å². The van der Waals surface area contributed by atoms with Crippen molar-refractivity contribution in [1.29, 1.82) is 0 Å². The van der Waals surface area contributed by atoms with Crippen LogP contribution >= 0.6 is 0 Å². The van der Waals surface area contributed by atoms with Crippen molar-refractivity contribution in [1.82, 2.24) is 9.47 Å². The number of nitrogens with one attached hydrogen (secondary N) is 1. The smallest absolute Gasteiger partial charge is 0.416 e. The van der Waals surface area contributed by atoms with E-state index in [0.717, 1.165) is 12.6 Å². The van der Waals surface area contributed by atoms with Crippen LogP contribution in [-0.2, 0) is 22.3 Å². The highest BCUT2D eigenvalue weighted by atomic mass is 19.4. The summed E-state index contributed by atoms with van der Waals surface area (Å²) in [6, 6.07) is 6.72. The number of carbonyl (C=O) groups is 1. The van der Waals surface area contributed by atoms with Crippen molar-refractivity contribution in [3.8, 4) is 0 Å². The number of hydrogen-bond donors (Lipinski definition) is 1. The van der Waals surface area contributed by atoms with Gasteiger partial charge in [0, 0.05) is 24.1 Å². The highest BCUT2D eigenvalue weighted by Gasteiger charge is 2.41. The summed E-state index contributed by atoms with van der Waals surface area (Å²) >= 11 is 0. The quantitative estimate of drug-likeness (QED) is 0.624. The van der Waals surface area contributed by atoms with Gasteiger partial charge in [0.25, 0.3) is 5.56 Å². The lowest BCUT2D eigenvalue weighted by Gasteiger charge is -2.31. The number of pyridine rings is 1. The number of allylic oxidation sites excluding steroid dienone is 1. The second kappa shape index (κ2) is 9.82. The average Bonchev–Trinajstić information content (AvgIpc) is 2.73. The summed E-state index contributed by atoms with van der Waals surface area (Å²) in [6.45, 7) is 4.42. The zero-order valence-electron chi connectivity index (χ0n) is 19.1. The standard InChI is InChI=1S/C24H28F3N3O3/c1-5-33-23(32)19-15(2)28-18-11-14-30(13-8-12-29(3)4)22(31)21(18)20(19)16-9-6-7-10-17(16)24(25,26)27/h6-7,9-11,14,20,28H,5,8,12-13H2,1-4H3. The molecule has 1 N–H and O–H groups in total. The molecule has 2 heterocycles. The summed E-state index contributed by atoms with van der Waals surface area (Å²) < 4.78 is 48.5. The minimum absolute atomic E-state index is 0.00388. The number of rotatable bonds is 7. The molecule has 1 unspecified atom stereocenters. The number of benzene rings is 1. The first kappa shape index (κ1) is 24.6. The summed E-state index contributed by atoms with van der Waals surface area (Å²) in [5, 5.41) is 3.03. The van der Waals surface area contributed by atoms with Crippen molar-refractivity contribution >= 4 is 11.7 Å². The maximum atomic E-state index is 13.9. The average molecular weight is 464 g/mol. The van der Waals surface area contributed by atoms with Gasteiger partial charge in [0.1, 0.15) is 0 Å². The van der Waals surface area contributed by atoms with Crippen LogP contribution in [0.4, 0.5) is 18.9 Å². The fraction of sp³-hybridized carbons (Fsp3) is 0.417. The Morgan fingerprint density at radius 3 is 2.55 bits per heavy atom. The van der Waals surface area contributed by atoms with Gasteiger partial charge in [-0.05, 0) is 58.6 Å². The molecule has 6 nitrogen and oxygen atoms in total.